The quantitative estimate of drug-likeness (QED) is 0.819. The zero-order valence-electron chi connectivity index (χ0n) is 13.2. The molecule has 0 unspecified atom stereocenters. The third kappa shape index (κ3) is 3.76. The van der Waals surface area contributed by atoms with Gasteiger partial charge in [0.15, 0.2) is 0 Å². The van der Waals surface area contributed by atoms with Gasteiger partial charge in [-0.15, -0.1) is 0 Å². The van der Waals surface area contributed by atoms with E-state index < -0.39 is 0 Å². The number of carbonyl (C=O) groups excluding carboxylic acids is 3. The zero-order chi connectivity index (χ0) is 16.9. The molecule has 3 amide bonds. The molecule has 0 aromatic carbocycles. The van der Waals surface area contributed by atoms with Gasteiger partial charge in [-0.1, -0.05) is 0 Å². The number of pyridine rings is 1. The highest BCUT2D eigenvalue weighted by Crippen LogP contribution is 2.13. The van der Waals surface area contributed by atoms with Gasteiger partial charge in [0.25, 0.3) is 11.8 Å². The molecule has 0 aliphatic carbocycles. The molecule has 1 fully saturated rings. The molecule has 8 heteroatoms. The number of amides is 3. The SMILES string of the molecule is O=C1CCC(C(=O)N2CCC(NC(=O)c3cccnc3)CC2)=NN1. The van der Waals surface area contributed by atoms with Crippen molar-refractivity contribution in [3.8, 4) is 0 Å². The van der Waals surface area contributed by atoms with E-state index in [1.165, 1.54) is 6.20 Å². The molecule has 3 heterocycles. The molecular weight excluding hydrogens is 310 g/mol. The summed E-state index contributed by atoms with van der Waals surface area (Å²) in [6, 6.07) is 3.48. The van der Waals surface area contributed by atoms with Crippen molar-refractivity contribution in [2.24, 2.45) is 5.10 Å². The van der Waals surface area contributed by atoms with Crippen LogP contribution in [0.25, 0.3) is 0 Å². The largest absolute Gasteiger partial charge is 0.349 e. The molecule has 0 bridgehead atoms. The number of rotatable bonds is 3. The number of hydrazone groups is 1. The molecule has 1 aromatic rings. The van der Waals surface area contributed by atoms with Crippen molar-refractivity contribution in [2.75, 3.05) is 13.1 Å². The average molecular weight is 329 g/mol. The van der Waals surface area contributed by atoms with Crippen LogP contribution in [-0.2, 0) is 9.59 Å². The Kier molecular flexibility index (Phi) is 4.83. The molecular formula is C16H19N5O3. The average Bonchev–Trinajstić information content (AvgIpc) is 2.63. The van der Waals surface area contributed by atoms with Crippen LogP contribution >= 0.6 is 0 Å². The van der Waals surface area contributed by atoms with Crippen LogP contribution < -0.4 is 10.7 Å². The Morgan fingerprint density at radius 1 is 1.25 bits per heavy atom. The number of hydrogen-bond donors (Lipinski definition) is 2. The van der Waals surface area contributed by atoms with E-state index in [2.05, 4.69) is 20.8 Å². The van der Waals surface area contributed by atoms with Gasteiger partial charge in [-0.3, -0.25) is 19.4 Å². The van der Waals surface area contributed by atoms with E-state index in [9.17, 15) is 14.4 Å². The standard InChI is InChI=1S/C16H19N5O3/c22-14-4-3-13(19-20-14)16(24)21-8-5-12(6-9-21)18-15(23)11-2-1-7-17-10-11/h1-2,7,10,12H,3-6,8-9H2,(H,18,23)(H,20,22). The van der Waals surface area contributed by atoms with Gasteiger partial charge in [0.2, 0.25) is 5.91 Å². The van der Waals surface area contributed by atoms with Gasteiger partial charge in [0, 0.05) is 44.4 Å². The van der Waals surface area contributed by atoms with Crippen LogP contribution in [0.2, 0.25) is 0 Å². The second-order valence-electron chi connectivity index (χ2n) is 5.88. The number of likely N-dealkylation sites (tertiary alicyclic amines) is 1. The maximum Gasteiger partial charge on any atom is 0.270 e. The van der Waals surface area contributed by atoms with Crippen LogP contribution in [0.5, 0.6) is 0 Å². The summed E-state index contributed by atoms with van der Waals surface area (Å²) < 4.78 is 0. The minimum atomic E-state index is -0.164. The molecule has 0 saturated carbocycles. The second kappa shape index (κ2) is 7.20. The molecule has 1 saturated heterocycles. The summed E-state index contributed by atoms with van der Waals surface area (Å²) in [4.78, 5) is 41.2. The Balaban J connectivity index is 1.50. The Morgan fingerprint density at radius 3 is 2.67 bits per heavy atom. The minimum absolute atomic E-state index is 0.0368. The lowest BCUT2D eigenvalue weighted by Crippen LogP contribution is -2.49. The van der Waals surface area contributed by atoms with E-state index in [-0.39, 0.29) is 23.8 Å². The van der Waals surface area contributed by atoms with Crippen LogP contribution in [0.4, 0.5) is 0 Å². The van der Waals surface area contributed by atoms with Gasteiger partial charge in [-0.05, 0) is 25.0 Å². The predicted octanol–water partition coefficient (Wildman–Crippen LogP) is 0.0684. The molecule has 8 nitrogen and oxygen atoms in total. The number of aromatic nitrogens is 1. The van der Waals surface area contributed by atoms with Crippen molar-refractivity contribution in [1.29, 1.82) is 0 Å². The van der Waals surface area contributed by atoms with Crippen LogP contribution in [0.1, 0.15) is 36.0 Å². The van der Waals surface area contributed by atoms with E-state index in [0.717, 1.165) is 0 Å². The number of nitrogens with one attached hydrogen (secondary N) is 2. The monoisotopic (exact) mass is 329 g/mol. The molecule has 2 N–H and O–H groups in total. The Hall–Kier alpha value is -2.77. The van der Waals surface area contributed by atoms with Crippen LogP contribution in [0, 0.1) is 0 Å². The van der Waals surface area contributed by atoms with Gasteiger partial charge in [0.05, 0.1) is 5.56 Å². The zero-order valence-corrected chi connectivity index (χ0v) is 13.2. The summed E-state index contributed by atoms with van der Waals surface area (Å²) >= 11 is 0. The van der Waals surface area contributed by atoms with Gasteiger partial charge in [0.1, 0.15) is 5.71 Å². The van der Waals surface area contributed by atoms with Crippen molar-refractivity contribution in [2.45, 2.75) is 31.7 Å². The number of hydrogen-bond acceptors (Lipinski definition) is 5. The molecule has 126 valence electrons. The van der Waals surface area contributed by atoms with Crippen LogP contribution in [0.3, 0.4) is 0 Å². The smallest absolute Gasteiger partial charge is 0.270 e. The van der Waals surface area contributed by atoms with Gasteiger partial charge in [-0.25, -0.2) is 5.43 Å². The molecule has 0 radical (unpaired) electrons. The summed E-state index contributed by atoms with van der Waals surface area (Å²) in [5.74, 6) is -0.442. The number of nitrogens with zero attached hydrogens (tertiary/aromatic N) is 3. The maximum atomic E-state index is 12.4. The normalized spacial score (nSPS) is 18.6. The van der Waals surface area contributed by atoms with Gasteiger partial charge < -0.3 is 10.2 Å². The lowest BCUT2D eigenvalue weighted by molar-refractivity contribution is -0.125. The van der Waals surface area contributed by atoms with Gasteiger partial charge >= 0.3 is 0 Å². The van der Waals surface area contributed by atoms with Crippen molar-refractivity contribution >= 4 is 23.4 Å². The third-order valence-corrected chi connectivity index (χ3v) is 4.19. The van der Waals surface area contributed by atoms with Crippen molar-refractivity contribution in [1.82, 2.24) is 20.6 Å². The fourth-order valence-electron chi connectivity index (χ4n) is 2.80. The first kappa shape index (κ1) is 16.1. The first-order valence-electron chi connectivity index (χ1n) is 7.99. The minimum Gasteiger partial charge on any atom is -0.349 e. The highest BCUT2D eigenvalue weighted by atomic mass is 16.2. The van der Waals surface area contributed by atoms with Crippen molar-refractivity contribution in [3.63, 3.8) is 0 Å². The van der Waals surface area contributed by atoms with Crippen molar-refractivity contribution in [3.05, 3.63) is 30.1 Å². The molecule has 2 aliphatic rings. The highest BCUT2D eigenvalue weighted by Gasteiger charge is 2.28. The Morgan fingerprint density at radius 2 is 2.04 bits per heavy atom. The molecule has 3 rings (SSSR count). The van der Waals surface area contributed by atoms with E-state index >= 15 is 0 Å². The van der Waals surface area contributed by atoms with E-state index in [4.69, 9.17) is 0 Å². The molecule has 24 heavy (non-hydrogen) atoms. The fraction of sp³-hybridized carbons (Fsp3) is 0.438. The maximum absolute atomic E-state index is 12.4. The number of piperidine rings is 1. The fourth-order valence-corrected chi connectivity index (χ4v) is 2.80. The van der Waals surface area contributed by atoms with Crippen LogP contribution in [0.15, 0.2) is 29.6 Å². The molecule has 2 aliphatic heterocycles. The first-order chi connectivity index (χ1) is 11.6. The molecule has 1 aromatic heterocycles. The summed E-state index contributed by atoms with van der Waals surface area (Å²) in [6.07, 6.45) is 5.21. The molecule has 0 spiro atoms. The van der Waals surface area contributed by atoms with Crippen LogP contribution in [-0.4, -0.2) is 52.4 Å². The van der Waals surface area contributed by atoms with E-state index in [1.807, 2.05) is 0 Å². The predicted molar refractivity (Wildman–Crippen MR) is 86.1 cm³/mol. The summed E-state index contributed by atoms with van der Waals surface area (Å²) in [6.45, 7) is 1.12. The Bertz CT molecular complexity index is 666. The topological polar surface area (TPSA) is 104 Å². The second-order valence-corrected chi connectivity index (χ2v) is 5.88. The molecule has 0 atom stereocenters. The number of carbonyl (C=O) groups is 3. The van der Waals surface area contributed by atoms with E-state index in [0.29, 0.717) is 50.0 Å². The summed E-state index contributed by atoms with van der Waals surface area (Å²) in [7, 11) is 0. The summed E-state index contributed by atoms with van der Waals surface area (Å²) in [5, 5.41) is 6.82. The summed E-state index contributed by atoms with van der Waals surface area (Å²) in [5.41, 5.74) is 3.27. The van der Waals surface area contributed by atoms with Gasteiger partial charge in [-0.2, -0.15) is 5.10 Å². The lowest BCUT2D eigenvalue weighted by Gasteiger charge is -2.32. The third-order valence-electron chi connectivity index (χ3n) is 4.19. The first-order valence-corrected chi connectivity index (χ1v) is 7.99. The lowest BCUT2D eigenvalue weighted by atomic mass is 10.0. The van der Waals surface area contributed by atoms with E-state index in [1.54, 1.807) is 23.2 Å². The van der Waals surface area contributed by atoms with Crippen molar-refractivity contribution < 1.29 is 14.4 Å². The Labute approximate surface area is 139 Å². The highest BCUT2D eigenvalue weighted by molar-refractivity contribution is 6.39.